The Labute approximate surface area is 123 Å². The maximum Gasteiger partial charge on any atom is 0.253 e. The summed E-state index contributed by atoms with van der Waals surface area (Å²) in [6.45, 7) is 10.2. The van der Waals surface area contributed by atoms with Crippen molar-refractivity contribution in [1.82, 2.24) is 9.80 Å². The lowest BCUT2D eigenvalue weighted by Gasteiger charge is -2.42. The molecule has 0 saturated carbocycles. The molecule has 0 spiro atoms. The average molecular weight is 325 g/mol. The molecule has 0 bridgehead atoms. The second-order valence-electron chi connectivity index (χ2n) is 5.96. The van der Waals surface area contributed by atoms with Gasteiger partial charge < -0.3 is 4.90 Å². The zero-order valence-corrected chi connectivity index (χ0v) is 13.4. The zero-order valence-electron chi connectivity index (χ0n) is 11.8. The van der Waals surface area contributed by atoms with Crippen LogP contribution < -0.4 is 0 Å². The minimum absolute atomic E-state index is 0.140. The fraction of sp³-hybridized carbons (Fsp3) is 0.533. The van der Waals surface area contributed by atoms with Crippen molar-refractivity contribution in [3.8, 4) is 0 Å². The fourth-order valence-electron chi connectivity index (χ4n) is 2.36. The van der Waals surface area contributed by atoms with Gasteiger partial charge in [0.15, 0.2) is 0 Å². The molecule has 0 aromatic heterocycles. The van der Waals surface area contributed by atoms with E-state index in [0.717, 1.165) is 36.2 Å². The summed E-state index contributed by atoms with van der Waals surface area (Å²) in [5.41, 5.74) is 0.958. The highest BCUT2D eigenvalue weighted by atomic mass is 79.9. The van der Waals surface area contributed by atoms with E-state index >= 15 is 0 Å². The summed E-state index contributed by atoms with van der Waals surface area (Å²) in [7, 11) is 0. The van der Waals surface area contributed by atoms with Crippen LogP contribution in [-0.2, 0) is 0 Å². The third-order valence-corrected chi connectivity index (χ3v) is 4.14. The molecule has 0 atom stereocenters. The number of carbonyl (C=O) groups excluding carboxylic acids is 1. The van der Waals surface area contributed by atoms with Gasteiger partial charge in [0, 0.05) is 41.8 Å². The van der Waals surface area contributed by atoms with Crippen LogP contribution in [0.2, 0.25) is 0 Å². The van der Waals surface area contributed by atoms with E-state index < -0.39 is 0 Å². The molecule has 1 aromatic rings. The summed E-state index contributed by atoms with van der Waals surface area (Å²) >= 11 is 3.39. The maximum atomic E-state index is 12.4. The smallest absolute Gasteiger partial charge is 0.253 e. The Balaban J connectivity index is 1.98. The largest absolute Gasteiger partial charge is 0.336 e. The first-order chi connectivity index (χ1) is 8.88. The van der Waals surface area contributed by atoms with E-state index in [1.807, 2.05) is 29.2 Å². The molecular formula is C15H21BrN2O. The monoisotopic (exact) mass is 324 g/mol. The summed E-state index contributed by atoms with van der Waals surface area (Å²) in [6, 6.07) is 7.59. The quantitative estimate of drug-likeness (QED) is 0.792. The van der Waals surface area contributed by atoms with Crippen molar-refractivity contribution in [3.05, 3.63) is 34.3 Å². The van der Waals surface area contributed by atoms with E-state index in [9.17, 15) is 4.79 Å². The molecule has 1 saturated heterocycles. The number of amides is 1. The third-order valence-electron chi connectivity index (χ3n) is 3.61. The van der Waals surface area contributed by atoms with Crippen molar-refractivity contribution in [2.45, 2.75) is 26.3 Å². The van der Waals surface area contributed by atoms with Crippen molar-refractivity contribution in [3.63, 3.8) is 0 Å². The van der Waals surface area contributed by atoms with E-state index in [1.165, 1.54) is 0 Å². The van der Waals surface area contributed by atoms with E-state index in [1.54, 1.807) is 0 Å². The van der Waals surface area contributed by atoms with Crippen LogP contribution in [0.1, 0.15) is 31.1 Å². The molecule has 2 rings (SSSR count). The zero-order chi connectivity index (χ0) is 14.0. The number of rotatable bonds is 1. The molecule has 1 aromatic carbocycles. The van der Waals surface area contributed by atoms with Gasteiger partial charge in [0.25, 0.3) is 5.91 Å². The molecule has 0 N–H and O–H groups in total. The number of nitrogens with zero attached hydrogens (tertiary/aromatic N) is 2. The van der Waals surface area contributed by atoms with Crippen LogP contribution in [0.4, 0.5) is 0 Å². The SMILES string of the molecule is CC(C)(C)N1CCN(C(=O)c2ccc(Br)cc2)CC1. The number of hydrogen-bond donors (Lipinski definition) is 0. The third kappa shape index (κ3) is 3.57. The minimum atomic E-state index is 0.140. The van der Waals surface area contributed by atoms with Gasteiger partial charge in [0.05, 0.1) is 0 Å². The predicted molar refractivity (Wildman–Crippen MR) is 81.4 cm³/mol. The Kier molecular flexibility index (Phi) is 4.31. The maximum absolute atomic E-state index is 12.4. The molecule has 0 aliphatic carbocycles. The fourth-order valence-corrected chi connectivity index (χ4v) is 2.62. The Hall–Kier alpha value is -0.870. The van der Waals surface area contributed by atoms with Crippen LogP contribution in [-0.4, -0.2) is 47.4 Å². The number of halogens is 1. The first kappa shape index (κ1) is 14.5. The Morgan fingerprint density at radius 1 is 1.05 bits per heavy atom. The standard InChI is InChI=1S/C15H21BrN2O/c1-15(2,3)18-10-8-17(9-11-18)14(19)12-4-6-13(16)7-5-12/h4-7H,8-11H2,1-3H3. The van der Waals surface area contributed by atoms with Crippen molar-refractivity contribution >= 4 is 21.8 Å². The van der Waals surface area contributed by atoms with Crippen LogP contribution in [0.15, 0.2) is 28.7 Å². The van der Waals surface area contributed by atoms with Crippen molar-refractivity contribution in [2.24, 2.45) is 0 Å². The van der Waals surface area contributed by atoms with Crippen LogP contribution >= 0.6 is 15.9 Å². The van der Waals surface area contributed by atoms with E-state index in [4.69, 9.17) is 0 Å². The van der Waals surface area contributed by atoms with Gasteiger partial charge in [-0.1, -0.05) is 15.9 Å². The second kappa shape index (κ2) is 5.63. The Morgan fingerprint density at radius 2 is 1.58 bits per heavy atom. The molecule has 104 valence electrons. The first-order valence-corrected chi connectivity index (χ1v) is 7.47. The second-order valence-corrected chi connectivity index (χ2v) is 6.87. The van der Waals surface area contributed by atoms with Crippen LogP contribution in [0.5, 0.6) is 0 Å². The normalized spacial score (nSPS) is 17.6. The molecule has 1 amide bonds. The number of benzene rings is 1. The average Bonchev–Trinajstić information content (AvgIpc) is 2.38. The summed E-state index contributed by atoms with van der Waals surface area (Å²) in [6.07, 6.45) is 0. The Bertz CT molecular complexity index is 442. The molecule has 1 heterocycles. The van der Waals surface area contributed by atoms with Gasteiger partial charge in [0.1, 0.15) is 0 Å². The Morgan fingerprint density at radius 3 is 2.05 bits per heavy atom. The number of piperazine rings is 1. The van der Waals surface area contributed by atoms with Crippen molar-refractivity contribution in [1.29, 1.82) is 0 Å². The highest BCUT2D eigenvalue weighted by Crippen LogP contribution is 2.18. The van der Waals surface area contributed by atoms with Gasteiger partial charge >= 0.3 is 0 Å². The summed E-state index contributed by atoms with van der Waals surface area (Å²) in [5, 5.41) is 0. The molecule has 1 aliphatic rings. The highest BCUT2D eigenvalue weighted by Gasteiger charge is 2.28. The molecule has 1 aliphatic heterocycles. The van der Waals surface area contributed by atoms with Gasteiger partial charge in [-0.05, 0) is 45.0 Å². The lowest BCUT2D eigenvalue weighted by molar-refractivity contribution is 0.0451. The summed E-state index contributed by atoms with van der Waals surface area (Å²) in [4.78, 5) is 16.7. The van der Waals surface area contributed by atoms with Crippen LogP contribution in [0, 0.1) is 0 Å². The van der Waals surface area contributed by atoms with Crippen molar-refractivity contribution in [2.75, 3.05) is 26.2 Å². The van der Waals surface area contributed by atoms with E-state index in [-0.39, 0.29) is 11.4 Å². The molecule has 0 radical (unpaired) electrons. The van der Waals surface area contributed by atoms with Gasteiger partial charge in [-0.25, -0.2) is 0 Å². The van der Waals surface area contributed by atoms with Gasteiger partial charge in [-0.3, -0.25) is 9.69 Å². The van der Waals surface area contributed by atoms with E-state index in [2.05, 4.69) is 41.6 Å². The number of hydrogen-bond acceptors (Lipinski definition) is 2. The topological polar surface area (TPSA) is 23.6 Å². The molecule has 3 nitrogen and oxygen atoms in total. The van der Waals surface area contributed by atoms with Crippen LogP contribution in [0.25, 0.3) is 0 Å². The molecule has 4 heteroatoms. The van der Waals surface area contributed by atoms with Gasteiger partial charge in [0.2, 0.25) is 0 Å². The predicted octanol–water partition coefficient (Wildman–Crippen LogP) is 3.01. The summed E-state index contributed by atoms with van der Waals surface area (Å²) < 4.78 is 1.00. The molecule has 0 unspecified atom stereocenters. The lowest BCUT2D eigenvalue weighted by Crippen LogP contribution is -2.54. The van der Waals surface area contributed by atoms with Gasteiger partial charge in [-0.15, -0.1) is 0 Å². The molecule has 19 heavy (non-hydrogen) atoms. The highest BCUT2D eigenvalue weighted by molar-refractivity contribution is 9.10. The molecule has 1 fully saturated rings. The van der Waals surface area contributed by atoms with Crippen LogP contribution in [0.3, 0.4) is 0 Å². The van der Waals surface area contributed by atoms with Gasteiger partial charge in [-0.2, -0.15) is 0 Å². The summed E-state index contributed by atoms with van der Waals surface area (Å²) in [5.74, 6) is 0.140. The number of carbonyl (C=O) groups is 1. The lowest BCUT2D eigenvalue weighted by atomic mass is 10.0. The molecular weight excluding hydrogens is 304 g/mol. The first-order valence-electron chi connectivity index (χ1n) is 6.68. The van der Waals surface area contributed by atoms with E-state index in [0.29, 0.717) is 0 Å². The van der Waals surface area contributed by atoms with Crippen molar-refractivity contribution < 1.29 is 4.79 Å². The minimum Gasteiger partial charge on any atom is -0.336 e.